The van der Waals surface area contributed by atoms with Gasteiger partial charge >= 0.3 is 5.97 Å². The first kappa shape index (κ1) is 11.0. The molecule has 0 aliphatic carbocycles. The fraction of sp³-hybridized carbons (Fsp3) is 0.0833. The van der Waals surface area contributed by atoms with Crippen LogP contribution in [0, 0.1) is 0 Å². The maximum atomic E-state index is 11.0. The standard InChI is InChI=1S/C12H9BrO3/c1-16-10-6-9(12(14)15)11(13)8-5-3-2-4-7(8)10/h2-6H,1H3,(H,14,15). The lowest BCUT2D eigenvalue weighted by Gasteiger charge is -2.09. The van der Waals surface area contributed by atoms with Gasteiger partial charge in [0.15, 0.2) is 0 Å². The third-order valence-corrected chi connectivity index (χ3v) is 3.25. The highest BCUT2D eigenvalue weighted by molar-refractivity contribution is 9.10. The third-order valence-electron chi connectivity index (χ3n) is 2.39. The molecule has 1 N–H and O–H groups in total. The second kappa shape index (κ2) is 4.14. The van der Waals surface area contributed by atoms with E-state index in [0.29, 0.717) is 10.2 Å². The molecule has 0 saturated carbocycles. The van der Waals surface area contributed by atoms with Gasteiger partial charge in [-0.1, -0.05) is 24.3 Å². The van der Waals surface area contributed by atoms with Gasteiger partial charge in [0, 0.05) is 15.2 Å². The zero-order chi connectivity index (χ0) is 11.7. The van der Waals surface area contributed by atoms with Crippen LogP contribution < -0.4 is 4.74 Å². The van der Waals surface area contributed by atoms with Crippen LogP contribution in [0.3, 0.4) is 0 Å². The SMILES string of the molecule is COc1cc(C(=O)O)c(Br)c2ccccc12. The van der Waals surface area contributed by atoms with Crippen molar-refractivity contribution in [3.05, 3.63) is 40.4 Å². The molecule has 0 spiro atoms. The predicted molar refractivity (Wildman–Crippen MR) is 65.2 cm³/mol. The first-order chi connectivity index (χ1) is 7.65. The molecule has 0 radical (unpaired) electrons. The maximum absolute atomic E-state index is 11.0. The highest BCUT2D eigenvalue weighted by Gasteiger charge is 2.14. The number of carboxylic acids is 1. The van der Waals surface area contributed by atoms with Crippen LogP contribution in [0.5, 0.6) is 5.75 Å². The topological polar surface area (TPSA) is 46.5 Å². The third kappa shape index (κ3) is 1.65. The van der Waals surface area contributed by atoms with Gasteiger partial charge in [0.25, 0.3) is 0 Å². The van der Waals surface area contributed by atoms with E-state index in [1.807, 2.05) is 24.3 Å². The number of hydrogen-bond donors (Lipinski definition) is 1. The number of aromatic carboxylic acids is 1. The van der Waals surface area contributed by atoms with Crippen LogP contribution in [0.1, 0.15) is 10.4 Å². The molecular weight excluding hydrogens is 272 g/mol. The first-order valence-corrected chi connectivity index (χ1v) is 5.43. The van der Waals surface area contributed by atoms with Crippen LogP contribution in [-0.2, 0) is 0 Å². The number of carbonyl (C=O) groups is 1. The van der Waals surface area contributed by atoms with Crippen molar-refractivity contribution >= 4 is 32.7 Å². The molecule has 0 aromatic heterocycles. The Morgan fingerprint density at radius 1 is 1.31 bits per heavy atom. The second-order valence-corrected chi connectivity index (χ2v) is 4.08. The molecule has 0 fully saturated rings. The second-order valence-electron chi connectivity index (χ2n) is 3.29. The van der Waals surface area contributed by atoms with Crippen molar-refractivity contribution in [2.45, 2.75) is 0 Å². The Balaban J connectivity index is 2.88. The summed E-state index contributed by atoms with van der Waals surface area (Å²) >= 11 is 3.31. The highest BCUT2D eigenvalue weighted by Crippen LogP contribution is 2.34. The number of methoxy groups -OCH3 is 1. The van der Waals surface area contributed by atoms with E-state index < -0.39 is 5.97 Å². The summed E-state index contributed by atoms with van der Waals surface area (Å²) < 4.78 is 5.77. The fourth-order valence-corrected chi connectivity index (χ4v) is 2.26. The summed E-state index contributed by atoms with van der Waals surface area (Å²) in [6.07, 6.45) is 0. The zero-order valence-electron chi connectivity index (χ0n) is 8.53. The summed E-state index contributed by atoms with van der Waals surface area (Å²) in [7, 11) is 1.53. The van der Waals surface area contributed by atoms with Gasteiger partial charge in [-0.3, -0.25) is 0 Å². The van der Waals surface area contributed by atoms with Gasteiger partial charge < -0.3 is 9.84 Å². The van der Waals surface area contributed by atoms with Gasteiger partial charge in [0.1, 0.15) is 5.75 Å². The zero-order valence-corrected chi connectivity index (χ0v) is 10.1. The Labute approximate surface area is 101 Å². The summed E-state index contributed by atoms with van der Waals surface area (Å²) in [6.45, 7) is 0. The van der Waals surface area contributed by atoms with Gasteiger partial charge in [-0.25, -0.2) is 4.79 Å². The minimum absolute atomic E-state index is 0.204. The van der Waals surface area contributed by atoms with Gasteiger partial charge in [-0.2, -0.15) is 0 Å². The van der Waals surface area contributed by atoms with Gasteiger partial charge in [0.2, 0.25) is 0 Å². The lowest BCUT2D eigenvalue weighted by atomic mass is 10.1. The van der Waals surface area contributed by atoms with E-state index in [2.05, 4.69) is 15.9 Å². The summed E-state index contributed by atoms with van der Waals surface area (Å²) in [5.74, 6) is -0.410. The first-order valence-electron chi connectivity index (χ1n) is 4.63. The number of hydrogen-bond acceptors (Lipinski definition) is 2. The Kier molecular flexibility index (Phi) is 2.83. The van der Waals surface area contributed by atoms with Gasteiger partial charge in [-0.05, 0) is 22.0 Å². The average Bonchev–Trinajstić information content (AvgIpc) is 2.29. The van der Waals surface area contributed by atoms with Crippen molar-refractivity contribution in [1.82, 2.24) is 0 Å². The molecule has 3 nitrogen and oxygen atoms in total. The molecule has 0 bridgehead atoms. The average molecular weight is 281 g/mol. The quantitative estimate of drug-likeness (QED) is 0.918. The van der Waals surface area contributed by atoms with Crippen LogP contribution in [0.25, 0.3) is 10.8 Å². The monoisotopic (exact) mass is 280 g/mol. The normalized spacial score (nSPS) is 10.4. The van der Waals surface area contributed by atoms with Crippen molar-refractivity contribution in [1.29, 1.82) is 0 Å². The number of fused-ring (bicyclic) bond motifs is 1. The van der Waals surface area contributed by atoms with Gasteiger partial charge in [0.05, 0.1) is 12.7 Å². The van der Waals surface area contributed by atoms with E-state index in [4.69, 9.17) is 9.84 Å². The maximum Gasteiger partial charge on any atom is 0.337 e. The van der Waals surface area contributed by atoms with Crippen LogP contribution in [-0.4, -0.2) is 18.2 Å². The minimum Gasteiger partial charge on any atom is -0.496 e. The van der Waals surface area contributed by atoms with Gasteiger partial charge in [-0.15, -0.1) is 0 Å². The molecule has 0 atom stereocenters. The van der Waals surface area contributed by atoms with Crippen molar-refractivity contribution < 1.29 is 14.6 Å². The molecule has 0 aliphatic heterocycles. The van der Waals surface area contributed by atoms with Crippen molar-refractivity contribution in [3.8, 4) is 5.75 Å². The van der Waals surface area contributed by atoms with E-state index >= 15 is 0 Å². The summed E-state index contributed by atoms with van der Waals surface area (Å²) in [5, 5.41) is 10.8. The molecule has 0 unspecified atom stereocenters. The summed E-state index contributed by atoms with van der Waals surface area (Å²) in [6, 6.07) is 9.02. The molecule has 2 aromatic carbocycles. The van der Waals surface area contributed by atoms with E-state index in [9.17, 15) is 4.79 Å². The minimum atomic E-state index is -0.976. The molecule has 16 heavy (non-hydrogen) atoms. The number of ether oxygens (including phenoxy) is 1. The Bertz CT molecular complexity index is 563. The Morgan fingerprint density at radius 2 is 1.94 bits per heavy atom. The van der Waals surface area contributed by atoms with Crippen molar-refractivity contribution in [2.24, 2.45) is 0 Å². The number of rotatable bonds is 2. The lowest BCUT2D eigenvalue weighted by molar-refractivity contribution is 0.0695. The highest BCUT2D eigenvalue weighted by atomic mass is 79.9. The van der Waals surface area contributed by atoms with Crippen LogP contribution >= 0.6 is 15.9 Å². The lowest BCUT2D eigenvalue weighted by Crippen LogP contribution is -1.99. The summed E-state index contributed by atoms with van der Waals surface area (Å²) in [5.41, 5.74) is 0.204. The van der Waals surface area contributed by atoms with Crippen LogP contribution in [0.15, 0.2) is 34.8 Å². The molecular formula is C12H9BrO3. The van der Waals surface area contributed by atoms with E-state index in [0.717, 1.165) is 10.8 Å². The fourth-order valence-electron chi connectivity index (χ4n) is 1.63. The number of halogens is 1. The van der Waals surface area contributed by atoms with E-state index in [1.54, 1.807) is 0 Å². The number of carboxylic acid groups (broad SMARTS) is 1. The molecule has 0 heterocycles. The van der Waals surface area contributed by atoms with Crippen molar-refractivity contribution in [3.63, 3.8) is 0 Å². The molecule has 0 saturated heterocycles. The number of benzene rings is 2. The Morgan fingerprint density at radius 3 is 2.50 bits per heavy atom. The van der Waals surface area contributed by atoms with E-state index in [-0.39, 0.29) is 5.56 Å². The molecule has 2 rings (SSSR count). The Hall–Kier alpha value is -1.55. The van der Waals surface area contributed by atoms with Crippen molar-refractivity contribution in [2.75, 3.05) is 7.11 Å². The summed E-state index contributed by atoms with van der Waals surface area (Å²) in [4.78, 5) is 11.0. The molecule has 0 amide bonds. The molecule has 2 aromatic rings. The van der Waals surface area contributed by atoms with E-state index in [1.165, 1.54) is 13.2 Å². The largest absolute Gasteiger partial charge is 0.496 e. The van der Waals surface area contributed by atoms with Crippen LogP contribution in [0.4, 0.5) is 0 Å². The predicted octanol–water partition coefficient (Wildman–Crippen LogP) is 3.31. The smallest absolute Gasteiger partial charge is 0.337 e. The molecule has 82 valence electrons. The molecule has 4 heteroatoms. The van der Waals surface area contributed by atoms with Crippen LogP contribution in [0.2, 0.25) is 0 Å². The molecule has 0 aliphatic rings.